The van der Waals surface area contributed by atoms with Crippen molar-refractivity contribution in [1.29, 1.82) is 0 Å². The molecule has 1 rings (SSSR count). The van der Waals surface area contributed by atoms with Gasteiger partial charge in [0.2, 0.25) is 5.91 Å². The summed E-state index contributed by atoms with van der Waals surface area (Å²) in [6.45, 7) is 5.30. The van der Waals surface area contributed by atoms with E-state index in [9.17, 15) is 9.59 Å². The van der Waals surface area contributed by atoms with Crippen LogP contribution < -0.4 is 0 Å². The average Bonchev–Trinajstić information content (AvgIpc) is 2.26. The van der Waals surface area contributed by atoms with Crippen LogP contribution in [0, 0.1) is 5.92 Å². The highest BCUT2D eigenvalue weighted by Gasteiger charge is 2.26. The van der Waals surface area contributed by atoms with Gasteiger partial charge >= 0.3 is 0 Å². The van der Waals surface area contributed by atoms with Gasteiger partial charge in [-0.15, -0.1) is 0 Å². The Labute approximate surface area is 72.7 Å². The van der Waals surface area contributed by atoms with Gasteiger partial charge in [0.05, 0.1) is 13.0 Å². The maximum Gasteiger partial charge on any atom is 0.230 e. The van der Waals surface area contributed by atoms with Crippen molar-refractivity contribution < 1.29 is 9.59 Å². The van der Waals surface area contributed by atoms with Crippen LogP contribution in [0.1, 0.15) is 26.7 Å². The van der Waals surface area contributed by atoms with Gasteiger partial charge in [-0.05, 0) is 12.3 Å². The molecule has 1 heterocycles. The fourth-order valence-corrected chi connectivity index (χ4v) is 1.26. The molecule has 0 aromatic rings. The van der Waals surface area contributed by atoms with Crippen molar-refractivity contribution in [1.82, 2.24) is 4.90 Å². The van der Waals surface area contributed by atoms with E-state index in [-0.39, 0.29) is 18.1 Å². The number of carbonyl (C=O) groups is 2. The summed E-state index contributed by atoms with van der Waals surface area (Å²) in [6.07, 6.45) is 1.11. The molecule has 0 aromatic heterocycles. The fraction of sp³-hybridized carbons (Fsp3) is 0.778. The molecule has 0 radical (unpaired) electrons. The largest absolute Gasteiger partial charge is 0.335 e. The minimum absolute atomic E-state index is 0.000602. The summed E-state index contributed by atoms with van der Waals surface area (Å²) in [5.41, 5.74) is 0. The quantitative estimate of drug-likeness (QED) is 0.587. The van der Waals surface area contributed by atoms with Crippen LogP contribution in [0.2, 0.25) is 0 Å². The van der Waals surface area contributed by atoms with Gasteiger partial charge in [-0.25, -0.2) is 0 Å². The van der Waals surface area contributed by atoms with Crippen LogP contribution in [0.5, 0.6) is 0 Å². The van der Waals surface area contributed by atoms with E-state index in [4.69, 9.17) is 0 Å². The van der Waals surface area contributed by atoms with Crippen LogP contribution in [0.25, 0.3) is 0 Å². The molecule has 0 N–H and O–H groups in total. The summed E-state index contributed by atoms with van der Waals surface area (Å²) in [4.78, 5) is 23.6. The minimum Gasteiger partial charge on any atom is -0.335 e. The first-order valence-corrected chi connectivity index (χ1v) is 4.39. The molecule has 1 saturated heterocycles. The van der Waals surface area contributed by atoms with Crippen molar-refractivity contribution in [2.24, 2.45) is 5.92 Å². The van der Waals surface area contributed by atoms with Gasteiger partial charge < -0.3 is 4.90 Å². The third kappa shape index (κ3) is 2.32. The summed E-state index contributed by atoms with van der Waals surface area (Å²) >= 11 is 0. The Morgan fingerprint density at radius 1 is 1.42 bits per heavy atom. The number of likely N-dealkylation sites (tertiary alicyclic amines) is 1. The number of ketones is 1. The Morgan fingerprint density at radius 2 is 2.08 bits per heavy atom. The van der Waals surface area contributed by atoms with E-state index in [1.807, 2.05) is 0 Å². The SMILES string of the molecule is CC(C)CCN1CC(=O)CC1=O. The van der Waals surface area contributed by atoms with Gasteiger partial charge in [0.1, 0.15) is 0 Å². The van der Waals surface area contributed by atoms with E-state index < -0.39 is 0 Å². The van der Waals surface area contributed by atoms with Crippen LogP contribution in [0.3, 0.4) is 0 Å². The molecule has 0 saturated carbocycles. The maximum atomic E-state index is 11.1. The molecule has 1 fully saturated rings. The Kier molecular flexibility index (Phi) is 2.84. The molecule has 68 valence electrons. The van der Waals surface area contributed by atoms with Gasteiger partial charge in [-0.3, -0.25) is 9.59 Å². The molecular weight excluding hydrogens is 154 g/mol. The molecule has 3 nitrogen and oxygen atoms in total. The summed E-state index contributed by atoms with van der Waals surface area (Å²) in [7, 11) is 0. The predicted molar refractivity (Wildman–Crippen MR) is 45.7 cm³/mol. The van der Waals surface area contributed by atoms with Gasteiger partial charge in [0.15, 0.2) is 5.78 Å². The third-order valence-corrected chi connectivity index (χ3v) is 2.04. The topological polar surface area (TPSA) is 37.4 Å². The Hall–Kier alpha value is -0.860. The van der Waals surface area contributed by atoms with Crippen molar-refractivity contribution in [2.75, 3.05) is 13.1 Å². The summed E-state index contributed by atoms with van der Waals surface area (Å²) in [5, 5.41) is 0. The molecule has 1 amide bonds. The first-order chi connectivity index (χ1) is 5.59. The first-order valence-electron chi connectivity index (χ1n) is 4.39. The van der Waals surface area contributed by atoms with Crippen LogP contribution in [0.15, 0.2) is 0 Å². The van der Waals surface area contributed by atoms with Gasteiger partial charge in [-0.2, -0.15) is 0 Å². The van der Waals surface area contributed by atoms with Gasteiger partial charge in [0, 0.05) is 6.54 Å². The molecule has 1 aliphatic heterocycles. The number of hydrogen-bond acceptors (Lipinski definition) is 2. The Bertz CT molecular complexity index is 199. The maximum absolute atomic E-state index is 11.1. The van der Waals surface area contributed by atoms with E-state index >= 15 is 0 Å². The second kappa shape index (κ2) is 3.70. The van der Waals surface area contributed by atoms with Crippen molar-refractivity contribution in [3.63, 3.8) is 0 Å². The molecule has 0 aliphatic carbocycles. The fourth-order valence-electron chi connectivity index (χ4n) is 1.26. The molecule has 3 heteroatoms. The number of hydrogen-bond donors (Lipinski definition) is 0. The highest BCUT2D eigenvalue weighted by atomic mass is 16.2. The molecule has 0 atom stereocenters. The summed E-state index contributed by atoms with van der Waals surface area (Å²) in [6, 6.07) is 0. The standard InChI is InChI=1S/C9H15NO2/c1-7(2)3-4-10-6-8(11)5-9(10)12/h7H,3-6H2,1-2H3. The van der Waals surface area contributed by atoms with Crippen molar-refractivity contribution >= 4 is 11.7 Å². The molecule has 0 aromatic carbocycles. The smallest absolute Gasteiger partial charge is 0.230 e. The summed E-state index contributed by atoms with van der Waals surface area (Å²) < 4.78 is 0. The van der Waals surface area contributed by atoms with E-state index in [2.05, 4.69) is 13.8 Å². The monoisotopic (exact) mass is 169 g/mol. The van der Waals surface area contributed by atoms with Crippen LogP contribution in [-0.4, -0.2) is 29.7 Å². The van der Waals surface area contributed by atoms with E-state index in [0.717, 1.165) is 13.0 Å². The van der Waals surface area contributed by atoms with E-state index in [1.165, 1.54) is 0 Å². The molecule has 0 bridgehead atoms. The Balaban J connectivity index is 2.33. The lowest BCUT2D eigenvalue weighted by Crippen LogP contribution is -2.27. The lowest BCUT2D eigenvalue weighted by atomic mass is 10.1. The van der Waals surface area contributed by atoms with E-state index in [0.29, 0.717) is 12.5 Å². The highest BCUT2D eigenvalue weighted by molar-refractivity contribution is 6.05. The second-order valence-corrected chi connectivity index (χ2v) is 3.71. The lowest BCUT2D eigenvalue weighted by Gasteiger charge is -2.15. The second-order valence-electron chi connectivity index (χ2n) is 3.71. The first kappa shape index (κ1) is 9.23. The normalized spacial score (nSPS) is 18.1. The molecule has 0 spiro atoms. The third-order valence-electron chi connectivity index (χ3n) is 2.04. The number of nitrogens with zero attached hydrogens (tertiary/aromatic N) is 1. The number of rotatable bonds is 3. The summed E-state index contributed by atoms with van der Waals surface area (Å²) in [5.74, 6) is 0.651. The van der Waals surface area contributed by atoms with Crippen LogP contribution in [0.4, 0.5) is 0 Å². The molecule has 1 aliphatic rings. The zero-order chi connectivity index (χ0) is 9.14. The number of carbonyl (C=O) groups excluding carboxylic acids is 2. The van der Waals surface area contributed by atoms with Gasteiger partial charge in [0.25, 0.3) is 0 Å². The van der Waals surface area contributed by atoms with Crippen molar-refractivity contribution in [3.05, 3.63) is 0 Å². The molecular formula is C9H15NO2. The zero-order valence-corrected chi connectivity index (χ0v) is 7.67. The van der Waals surface area contributed by atoms with Gasteiger partial charge in [-0.1, -0.05) is 13.8 Å². The zero-order valence-electron chi connectivity index (χ0n) is 7.67. The van der Waals surface area contributed by atoms with E-state index in [1.54, 1.807) is 4.90 Å². The van der Waals surface area contributed by atoms with Crippen molar-refractivity contribution in [3.8, 4) is 0 Å². The molecule has 0 unspecified atom stereocenters. The lowest BCUT2D eigenvalue weighted by molar-refractivity contribution is -0.128. The van der Waals surface area contributed by atoms with Crippen LogP contribution in [-0.2, 0) is 9.59 Å². The Morgan fingerprint density at radius 3 is 2.50 bits per heavy atom. The average molecular weight is 169 g/mol. The number of Topliss-reactive ketones (excluding diaryl/α,β-unsaturated/α-hetero) is 1. The number of amides is 1. The predicted octanol–water partition coefficient (Wildman–Crippen LogP) is 0.834. The van der Waals surface area contributed by atoms with Crippen LogP contribution >= 0.6 is 0 Å². The highest BCUT2D eigenvalue weighted by Crippen LogP contribution is 2.09. The minimum atomic E-state index is 0.000602. The molecule has 12 heavy (non-hydrogen) atoms. The van der Waals surface area contributed by atoms with Crippen molar-refractivity contribution in [2.45, 2.75) is 26.7 Å².